The summed E-state index contributed by atoms with van der Waals surface area (Å²) in [6.45, 7) is 4.31. The fourth-order valence-electron chi connectivity index (χ4n) is 4.24. The molecule has 0 amide bonds. The van der Waals surface area contributed by atoms with Gasteiger partial charge in [0, 0.05) is 17.1 Å². The van der Waals surface area contributed by atoms with E-state index in [1.165, 1.54) is 65.1 Å². The van der Waals surface area contributed by atoms with E-state index in [-0.39, 0.29) is 0 Å². The predicted octanol–water partition coefficient (Wildman–Crippen LogP) is 6.25. The summed E-state index contributed by atoms with van der Waals surface area (Å²) >= 11 is 0. The highest BCUT2D eigenvalue weighted by Crippen LogP contribution is 2.31. The summed E-state index contributed by atoms with van der Waals surface area (Å²) in [4.78, 5) is 4.69. The van der Waals surface area contributed by atoms with E-state index in [1.54, 1.807) is 0 Å². The highest BCUT2D eigenvalue weighted by molar-refractivity contribution is 5.95. The van der Waals surface area contributed by atoms with Crippen LogP contribution in [0.5, 0.6) is 0 Å². The molecule has 0 spiro atoms. The van der Waals surface area contributed by atoms with Crippen molar-refractivity contribution in [3.63, 3.8) is 0 Å². The standard InChI is InChI=1S/C23H25N/c1-16-11-17(2)13-21(12-16)23-22-8-7-19(14-18-5-3-4-6-18)15-20(22)9-10-24-23/h7-13,15,18H,3-6,14H2,1-2H3. The van der Waals surface area contributed by atoms with Crippen molar-refractivity contribution >= 4 is 10.8 Å². The molecule has 1 heteroatoms. The third kappa shape index (κ3) is 3.08. The van der Waals surface area contributed by atoms with Gasteiger partial charge in [-0.2, -0.15) is 0 Å². The molecule has 0 bridgehead atoms. The summed E-state index contributed by atoms with van der Waals surface area (Å²) in [7, 11) is 0. The van der Waals surface area contributed by atoms with Gasteiger partial charge in [-0.1, -0.05) is 61.1 Å². The molecule has 1 heterocycles. The molecule has 1 aliphatic rings. The Kier molecular flexibility index (Phi) is 4.10. The molecule has 2 aromatic carbocycles. The SMILES string of the molecule is Cc1cc(C)cc(-c2nccc3cc(CC4CCCC4)ccc23)c1. The number of rotatable bonds is 3. The van der Waals surface area contributed by atoms with Gasteiger partial charge in [-0.3, -0.25) is 4.98 Å². The summed E-state index contributed by atoms with van der Waals surface area (Å²) in [6, 6.07) is 15.8. The van der Waals surface area contributed by atoms with Gasteiger partial charge in [-0.25, -0.2) is 0 Å². The van der Waals surface area contributed by atoms with E-state index in [4.69, 9.17) is 4.98 Å². The summed E-state index contributed by atoms with van der Waals surface area (Å²) in [6.07, 6.45) is 8.83. The number of benzene rings is 2. The van der Waals surface area contributed by atoms with Crippen molar-refractivity contribution < 1.29 is 0 Å². The minimum absolute atomic E-state index is 0.892. The second-order valence-corrected chi connectivity index (χ2v) is 7.45. The molecule has 3 aromatic rings. The number of hydrogen-bond acceptors (Lipinski definition) is 1. The molecule has 0 unspecified atom stereocenters. The van der Waals surface area contributed by atoms with Crippen LogP contribution < -0.4 is 0 Å². The first-order valence-electron chi connectivity index (χ1n) is 9.15. The van der Waals surface area contributed by atoms with E-state index in [1.807, 2.05) is 6.20 Å². The van der Waals surface area contributed by atoms with Crippen LogP contribution in [0.1, 0.15) is 42.4 Å². The van der Waals surface area contributed by atoms with E-state index in [0.717, 1.165) is 11.6 Å². The van der Waals surface area contributed by atoms with Crippen LogP contribution in [-0.2, 0) is 6.42 Å². The molecule has 0 atom stereocenters. The van der Waals surface area contributed by atoms with Crippen LogP contribution in [0.3, 0.4) is 0 Å². The lowest BCUT2D eigenvalue weighted by Gasteiger charge is -2.12. The van der Waals surface area contributed by atoms with Gasteiger partial charge in [0.2, 0.25) is 0 Å². The predicted molar refractivity (Wildman–Crippen MR) is 102 cm³/mol. The third-order valence-corrected chi connectivity index (χ3v) is 5.32. The van der Waals surface area contributed by atoms with Crippen LogP contribution in [0.15, 0.2) is 48.7 Å². The van der Waals surface area contributed by atoms with Gasteiger partial charge >= 0.3 is 0 Å². The first kappa shape index (κ1) is 15.4. The largest absolute Gasteiger partial charge is 0.256 e. The molecular formula is C23H25N. The summed E-state index contributed by atoms with van der Waals surface area (Å²) in [5.41, 5.74) is 6.39. The van der Waals surface area contributed by atoms with Gasteiger partial charge < -0.3 is 0 Å². The number of aryl methyl sites for hydroxylation is 2. The zero-order chi connectivity index (χ0) is 16.5. The quantitative estimate of drug-likeness (QED) is 0.556. The zero-order valence-electron chi connectivity index (χ0n) is 14.7. The smallest absolute Gasteiger partial charge is 0.0780 e. The molecule has 1 aromatic heterocycles. The molecule has 0 radical (unpaired) electrons. The Balaban J connectivity index is 1.74. The molecule has 1 nitrogen and oxygen atoms in total. The van der Waals surface area contributed by atoms with Gasteiger partial charge in [0.15, 0.2) is 0 Å². The van der Waals surface area contributed by atoms with Crippen molar-refractivity contribution in [2.24, 2.45) is 5.92 Å². The van der Waals surface area contributed by atoms with Gasteiger partial charge in [-0.05, 0) is 55.3 Å². The second kappa shape index (κ2) is 6.39. The van der Waals surface area contributed by atoms with E-state index in [9.17, 15) is 0 Å². The number of hydrogen-bond donors (Lipinski definition) is 0. The maximum Gasteiger partial charge on any atom is 0.0780 e. The van der Waals surface area contributed by atoms with Crippen LogP contribution in [0.25, 0.3) is 22.0 Å². The minimum Gasteiger partial charge on any atom is -0.256 e. The highest BCUT2D eigenvalue weighted by atomic mass is 14.7. The summed E-state index contributed by atoms with van der Waals surface area (Å²) in [5, 5.41) is 2.58. The van der Waals surface area contributed by atoms with Crippen molar-refractivity contribution in [2.75, 3.05) is 0 Å². The topological polar surface area (TPSA) is 12.9 Å². The Hall–Kier alpha value is -2.15. The molecular weight excluding hydrogens is 290 g/mol. The van der Waals surface area contributed by atoms with Crippen molar-refractivity contribution in [2.45, 2.75) is 46.0 Å². The van der Waals surface area contributed by atoms with E-state index in [0.29, 0.717) is 0 Å². The van der Waals surface area contributed by atoms with E-state index < -0.39 is 0 Å². The average molecular weight is 315 g/mol. The Bertz CT molecular complexity index is 852. The fraction of sp³-hybridized carbons (Fsp3) is 0.348. The summed E-state index contributed by atoms with van der Waals surface area (Å²) in [5.74, 6) is 0.892. The summed E-state index contributed by atoms with van der Waals surface area (Å²) < 4.78 is 0. The van der Waals surface area contributed by atoms with E-state index >= 15 is 0 Å². The maximum atomic E-state index is 4.69. The van der Waals surface area contributed by atoms with Crippen molar-refractivity contribution in [1.82, 2.24) is 4.98 Å². The Labute approximate surface area is 144 Å². The lowest BCUT2D eigenvalue weighted by Crippen LogP contribution is -1.98. The number of nitrogens with zero attached hydrogens (tertiary/aromatic N) is 1. The fourth-order valence-corrected chi connectivity index (χ4v) is 4.24. The first-order chi connectivity index (χ1) is 11.7. The molecule has 0 N–H and O–H groups in total. The lowest BCUT2D eigenvalue weighted by atomic mass is 9.94. The molecule has 1 saturated carbocycles. The monoisotopic (exact) mass is 315 g/mol. The van der Waals surface area contributed by atoms with Crippen LogP contribution in [0.4, 0.5) is 0 Å². The maximum absolute atomic E-state index is 4.69. The van der Waals surface area contributed by atoms with Crippen molar-refractivity contribution in [3.8, 4) is 11.3 Å². The number of pyridine rings is 1. The molecule has 4 rings (SSSR count). The lowest BCUT2D eigenvalue weighted by molar-refractivity contribution is 0.547. The molecule has 1 fully saturated rings. The van der Waals surface area contributed by atoms with Gasteiger partial charge in [-0.15, -0.1) is 0 Å². The second-order valence-electron chi connectivity index (χ2n) is 7.45. The minimum atomic E-state index is 0.892. The van der Waals surface area contributed by atoms with Crippen LogP contribution in [0, 0.1) is 19.8 Å². The Morgan fingerprint density at radius 1 is 0.917 bits per heavy atom. The van der Waals surface area contributed by atoms with Gasteiger partial charge in [0.1, 0.15) is 0 Å². The van der Waals surface area contributed by atoms with Crippen molar-refractivity contribution in [1.29, 1.82) is 0 Å². The highest BCUT2D eigenvalue weighted by Gasteiger charge is 2.16. The number of aromatic nitrogens is 1. The first-order valence-corrected chi connectivity index (χ1v) is 9.15. The normalized spacial score (nSPS) is 15.2. The van der Waals surface area contributed by atoms with Crippen LogP contribution >= 0.6 is 0 Å². The van der Waals surface area contributed by atoms with Gasteiger partial charge in [0.05, 0.1) is 5.69 Å². The van der Waals surface area contributed by atoms with Crippen LogP contribution in [0.2, 0.25) is 0 Å². The Morgan fingerprint density at radius 2 is 1.67 bits per heavy atom. The molecule has 0 saturated heterocycles. The van der Waals surface area contributed by atoms with Crippen molar-refractivity contribution in [3.05, 3.63) is 65.4 Å². The molecule has 122 valence electrons. The zero-order valence-corrected chi connectivity index (χ0v) is 14.7. The molecule has 1 aliphatic carbocycles. The molecule has 0 aliphatic heterocycles. The number of fused-ring (bicyclic) bond motifs is 1. The third-order valence-electron chi connectivity index (χ3n) is 5.32. The van der Waals surface area contributed by atoms with E-state index in [2.05, 4.69) is 56.3 Å². The van der Waals surface area contributed by atoms with Crippen LogP contribution in [-0.4, -0.2) is 4.98 Å². The molecule has 24 heavy (non-hydrogen) atoms. The average Bonchev–Trinajstić information content (AvgIpc) is 3.06. The Morgan fingerprint density at radius 3 is 2.42 bits per heavy atom. The van der Waals surface area contributed by atoms with Gasteiger partial charge in [0.25, 0.3) is 0 Å².